The third-order valence-corrected chi connectivity index (χ3v) is 8.23. The van der Waals surface area contributed by atoms with Crippen LogP contribution in [0.25, 0.3) is 0 Å². The minimum atomic E-state index is -0.766. The van der Waals surface area contributed by atoms with Crippen molar-refractivity contribution >= 4 is 5.97 Å². The van der Waals surface area contributed by atoms with Gasteiger partial charge in [-0.05, 0) is 37.0 Å². The molecular weight excluding hydrogens is 440 g/mol. The Morgan fingerprint density at radius 1 is 0.914 bits per heavy atom. The predicted molar refractivity (Wildman–Crippen MR) is 135 cm³/mol. The van der Waals surface area contributed by atoms with E-state index >= 15 is 0 Å². The second-order valence-electron chi connectivity index (χ2n) is 10.2. The quantitative estimate of drug-likeness (QED) is 0.519. The molecule has 6 nitrogen and oxygen atoms in total. The second-order valence-corrected chi connectivity index (χ2v) is 10.2. The van der Waals surface area contributed by atoms with Gasteiger partial charge in [0.05, 0.1) is 13.2 Å². The van der Waals surface area contributed by atoms with Gasteiger partial charge in [-0.1, -0.05) is 61.7 Å². The number of ether oxygens (including phenoxy) is 3. The standard InChI is InChI=1S/C29H38N2O4/c1-33-25-15-13-23(14-16-25)29(21-26(29)34-2)28(32)35-27(22-9-5-3-6-10-22)31-19-17-30(18-20-31)24-11-7-4-8-12-24/h3,5-6,9-10,13-16,24,26-27H,4,7-8,11-12,17-21H2,1-2H3/t26-,27?,29-/m0/s1. The SMILES string of the molecule is COc1ccc([C@@]2(C(=O)OC(c3ccccc3)N3CCN(C4CCCCC4)CC3)C[C@@H]2OC)cc1. The van der Waals surface area contributed by atoms with Gasteiger partial charge in [0, 0.05) is 44.9 Å². The van der Waals surface area contributed by atoms with E-state index in [1.165, 1.54) is 32.1 Å². The van der Waals surface area contributed by atoms with E-state index in [0.29, 0.717) is 6.42 Å². The first-order chi connectivity index (χ1) is 17.2. The van der Waals surface area contributed by atoms with Crippen LogP contribution in [-0.4, -0.2) is 68.3 Å². The number of carbonyl (C=O) groups excluding carboxylic acids is 1. The molecule has 188 valence electrons. The molecule has 0 spiro atoms. The van der Waals surface area contributed by atoms with E-state index in [1.54, 1.807) is 14.2 Å². The number of piperazine rings is 1. The number of hydrogen-bond donors (Lipinski definition) is 0. The van der Waals surface area contributed by atoms with E-state index in [4.69, 9.17) is 14.2 Å². The molecule has 6 heteroatoms. The molecule has 3 aliphatic rings. The van der Waals surface area contributed by atoms with Crippen molar-refractivity contribution in [2.75, 3.05) is 40.4 Å². The monoisotopic (exact) mass is 478 g/mol. The lowest BCUT2D eigenvalue weighted by molar-refractivity contribution is -0.167. The van der Waals surface area contributed by atoms with Crippen LogP contribution in [0.1, 0.15) is 55.9 Å². The maximum Gasteiger partial charge on any atom is 0.321 e. The summed E-state index contributed by atoms with van der Waals surface area (Å²) >= 11 is 0. The predicted octanol–water partition coefficient (Wildman–Crippen LogP) is 4.54. The van der Waals surface area contributed by atoms with Crippen molar-refractivity contribution in [2.24, 2.45) is 0 Å². The van der Waals surface area contributed by atoms with Crippen LogP contribution in [0.15, 0.2) is 54.6 Å². The van der Waals surface area contributed by atoms with Gasteiger partial charge in [0.15, 0.2) is 6.23 Å². The minimum absolute atomic E-state index is 0.178. The first-order valence-electron chi connectivity index (χ1n) is 13.1. The highest BCUT2D eigenvalue weighted by Crippen LogP contribution is 2.52. The average Bonchev–Trinajstić information content (AvgIpc) is 3.69. The molecule has 3 fully saturated rings. The Morgan fingerprint density at radius 3 is 2.20 bits per heavy atom. The Bertz CT molecular complexity index is 968. The molecule has 35 heavy (non-hydrogen) atoms. The maximum absolute atomic E-state index is 13.8. The van der Waals surface area contributed by atoms with Crippen LogP contribution in [0.3, 0.4) is 0 Å². The van der Waals surface area contributed by atoms with Crippen molar-refractivity contribution in [3.63, 3.8) is 0 Å². The van der Waals surface area contributed by atoms with Crippen molar-refractivity contribution in [3.05, 3.63) is 65.7 Å². The normalized spacial score (nSPS) is 26.7. The van der Waals surface area contributed by atoms with Gasteiger partial charge in [-0.25, -0.2) is 0 Å². The lowest BCUT2D eigenvalue weighted by Crippen LogP contribution is -2.52. The molecule has 5 rings (SSSR count). The van der Waals surface area contributed by atoms with E-state index < -0.39 is 11.6 Å². The molecule has 0 N–H and O–H groups in total. The smallest absolute Gasteiger partial charge is 0.321 e. The van der Waals surface area contributed by atoms with Gasteiger partial charge in [-0.15, -0.1) is 0 Å². The highest BCUT2D eigenvalue weighted by Gasteiger charge is 2.64. The first-order valence-corrected chi connectivity index (χ1v) is 13.1. The maximum atomic E-state index is 13.8. The lowest BCUT2D eigenvalue weighted by Gasteiger charge is -2.43. The zero-order valence-corrected chi connectivity index (χ0v) is 21.0. The summed E-state index contributed by atoms with van der Waals surface area (Å²) in [4.78, 5) is 18.8. The Morgan fingerprint density at radius 2 is 1.60 bits per heavy atom. The van der Waals surface area contributed by atoms with Crippen molar-refractivity contribution in [3.8, 4) is 5.75 Å². The molecule has 2 saturated carbocycles. The van der Waals surface area contributed by atoms with Crippen LogP contribution < -0.4 is 4.74 Å². The van der Waals surface area contributed by atoms with Crippen LogP contribution in [-0.2, 0) is 19.7 Å². The van der Waals surface area contributed by atoms with Crippen molar-refractivity contribution in [1.82, 2.24) is 9.80 Å². The van der Waals surface area contributed by atoms with Gasteiger partial charge in [-0.3, -0.25) is 14.6 Å². The summed E-state index contributed by atoms with van der Waals surface area (Å²) in [6, 6.07) is 18.6. The molecule has 2 aromatic rings. The van der Waals surface area contributed by atoms with Crippen molar-refractivity contribution < 1.29 is 19.0 Å². The number of esters is 1. The summed E-state index contributed by atoms with van der Waals surface area (Å²) in [5, 5.41) is 0. The molecule has 0 aromatic heterocycles. The van der Waals surface area contributed by atoms with Gasteiger partial charge in [-0.2, -0.15) is 0 Å². The van der Waals surface area contributed by atoms with Crippen LogP contribution >= 0.6 is 0 Å². The molecule has 2 aromatic carbocycles. The third kappa shape index (κ3) is 4.97. The van der Waals surface area contributed by atoms with Crippen LogP contribution in [0.5, 0.6) is 5.75 Å². The second kappa shape index (κ2) is 10.7. The first kappa shape index (κ1) is 24.3. The summed E-state index contributed by atoms with van der Waals surface area (Å²) in [7, 11) is 3.31. The number of methoxy groups -OCH3 is 2. The number of nitrogens with zero attached hydrogens (tertiary/aromatic N) is 2. The van der Waals surface area contributed by atoms with Crippen molar-refractivity contribution in [2.45, 2.75) is 62.3 Å². The highest BCUT2D eigenvalue weighted by atomic mass is 16.6. The zero-order valence-electron chi connectivity index (χ0n) is 21.0. The zero-order chi connectivity index (χ0) is 24.3. The fourth-order valence-corrected chi connectivity index (χ4v) is 6.00. The largest absolute Gasteiger partial charge is 0.497 e. The Labute approximate surface area is 209 Å². The van der Waals surface area contributed by atoms with E-state index in [2.05, 4.69) is 21.9 Å². The van der Waals surface area contributed by atoms with Gasteiger partial charge >= 0.3 is 5.97 Å². The van der Waals surface area contributed by atoms with E-state index in [0.717, 1.165) is 49.1 Å². The Balaban J connectivity index is 1.33. The third-order valence-electron chi connectivity index (χ3n) is 8.23. The van der Waals surface area contributed by atoms with Gasteiger partial charge in [0.25, 0.3) is 0 Å². The Hall–Kier alpha value is -2.41. The van der Waals surface area contributed by atoms with Crippen LogP contribution in [0.2, 0.25) is 0 Å². The summed E-state index contributed by atoms with van der Waals surface area (Å²) in [6.45, 7) is 3.84. The molecule has 0 bridgehead atoms. The fourth-order valence-electron chi connectivity index (χ4n) is 6.00. The van der Waals surface area contributed by atoms with E-state index in [9.17, 15) is 4.79 Å². The molecule has 1 saturated heterocycles. The van der Waals surface area contributed by atoms with Gasteiger partial charge in [0.1, 0.15) is 11.2 Å². The van der Waals surface area contributed by atoms with Crippen LogP contribution in [0, 0.1) is 0 Å². The summed E-state index contributed by atoms with van der Waals surface area (Å²) in [5.74, 6) is 0.558. The lowest BCUT2D eigenvalue weighted by atomic mass is 9.93. The number of benzene rings is 2. The minimum Gasteiger partial charge on any atom is -0.497 e. The molecule has 1 unspecified atom stereocenters. The van der Waals surface area contributed by atoms with Crippen molar-refractivity contribution in [1.29, 1.82) is 0 Å². The fraction of sp³-hybridized carbons (Fsp3) is 0.552. The molecule has 1 heterocycles. The molecule has 1 aliphatic heterocycles. The summed E-state index contributed by atoms with van der Waals surface area (Å²) < 4.78 is 17.4. The molecule has 2 aliphatic carbocycles. The number of carbonyl (C=O) groups is 1. The molecule has 0 radical (unpaired) electrons. The highest BCUT2D eigenvalue weighted by molar-refractivity contribution is 5.88. The molecular formula is C29H38N2O4. The van der Waals surface area contributed by atoms with Crippen LogP contribution in [0.4, 0.5) is 0 Å². The van der Waals surface area contributed by atoms with E-state index in [1.807, 2.05) is 42.5 Å². The summed E-state index contributed by atoms with van der Waals surface area (Å²) in [6.07, 6.45) is 6.77. The molecule has 3 atom stereocenters. The van der Waals surface area contributed by atoms with Gasteiger partial charge < -0.3 is 14.2 Å². The van der Waals surface area contributed by atoms with Gasteiger partial charge in [0.2, 0.25) is 0 Å². The summed E-state index contributed by atoms with van der Waals surface area (Å²) in [5.41, 5.74) is 1.17. The molecule has 0 amide bonds. The number of rotatable bonds is 8. The number of hydrogen-bond acceptors (Lipinski definition) is 6. The Kier molecular flexibility index (Phi) is 7.42. The topological polar surface area (TPSA) is 51.2 Å². The van der Waals surface area contributed by atoms with E-state index in [-0.39, 0.29) is 12.1 Å². The average molecular weight is 479 g/mol.